The zero-order valence-electron chi connectivity index (χ0n) is 11.1. The van der Waals surface area contributed by atoms with Crippen molar-refractivity contribution in [3.8, 4) is 0 Å². The molecule has 1 aliphatic heterocycles. The fourth-order valence-corrected chi connectivity index (χ4v) is 1.52. The molecule has 0 aromatic heterocycles. The molecule has 0 unspecified atom stereocenters. The average Bonchev–Trinajstić information content (AvgIpc) is 2.40. The van der Waals surface area contributed by atoms with Crippen LogP contribution in [0.5, 0.6) is 0 Å². The van der Waals surface area contributed by atoms with E-state index in [4.69, 9.17) is 5.11 Å². The molecule has 9 heteroatoms. The van der Waals surface area contributed by atoms with Crippen molar-refractivity contribution >= 4 is 29.5 Å². The van der Waals surface area contributed by atoms with Crippen LogP contribution >= 0.6 is 0 Å². The molecule has 1 aliphatic rings. The topological polar surface area (TPSA) is 125 Å². The van der Waals surface area contributed by atoms with Gasteiger partial charge >= 0.3 is 11.9 Å². The number of rotatable bonds is 5. The molecular formula is C11H15N3O6. The van der Waals surface area contributed by atoms with E-state index in [1.807, 2.05) is 0 Å². The van der Waals surface area contributed by atoms with E-state index in [0.717, 1.165) is 12.1 Å². The minimum Gasteiger partial charge on any atom is -0.480 e. The molecular weight excluding hydrogens is 270 g/mol. The van der Waals surface area contributed by atoms with E-state index in [9.17, 15) is 19.2 Å². The predicted molar refractivity (Wildman–Crippen MR) is 65.6 cm³/mol. The van der Waals surface area contributed by atoms with Gasteiger partial charge in [-0.3, -0.25) is 14.4 Å². The summed E-state index contributed by atoms with van der Waals surface area (Å²) in [5.41, 5.74) is 0.0446. The number of carbonyl (C=O) groups excluding carboxylic acids is 3. The van der Waals surface area contributed by atoms with Crippen LogP contribution in [0.1, 0.15) is 19.3 Å². The summed E-state index contributed by atoms with van der Waals surface area (Å²) in [5.74, 6) is -3.06. The summed E-state index contributed by atoms with van der Waals surface area (Å²) in [5, 5.41) is 15.9. The Morgan fingerprint density at radius 2 is 2.10 bits per heavy atom. The standard InChI is InChI=1S/C11H15N3O6/c1-14-8(15)4-3-6(13-14)10(17)12-7(11(18)19)5-9(16)20-2/h7H,3-5H2,1-2H3,(H,12,17)(H,18,19)/t7-/m0/s1. The van der Waals surface area contributed by atoms with Gasteiger partial charge in [-0.2, -0.15) is 5.10 Å². The van der Waals surface area contributed by atoms with E-state index in [2.05, 4.69) is 15.2 Å². The number of amides is 2. The first kappa shape index (κ1) is 15.6. The highest BCUT2D eigenvalue weighted by atomic mass is 16.5. The molecule has 0 saturated carbocycles. The fraction of sp³-hybridized carbons (Fsp3) is 0.545. The molecule has 0 bridgehead atoms. The number of hydrogen-bond acceptors (Lipinski definition) is 6. The van der Waals surface area contributed by atoms with Gasteiger partial charge < -0.3 is 15.2 Å². The van der Waals surface area contributed by atoms with Crippen LogP contribution in [-0.4, -0.2) is 59.8 Å². The molecule has 1 rings (SSSR count). The molecule has 2 N–H and O–H groups in total. The molecule has 0 aromatic carbocycles. The van der Waals surface area contributed by atoms with Gasteiger partial charge in [-0.15, -0.1) is 0 Å². The summed E-state index contributed by atoms with van der Waals surface area (Å²) in [4.78, 5) is 45.1. The molecule has 0 fully saturated rings. The van der Waals surface area contributed by atoms with Crippen molar-refractivity contribution in [1.82, 2.24) is 10.3 Å². The first-order valence-corrected chi connectivity index (χ1v) is 5.79. The number of aliphatic carboxylic acids is 1. The second kappa shape index (κ2) is 6.64. The Kier molecular flexibility index (Phi) is 5.18. The van der Waals surface area contributed by atoms with Crippen molar-refractivity contribution in [2.75, 3.05) is 14.2 Å². The van der Waals surface area contributed by atoms with Crippen LogP contribution in [0, 0.1) is 0 Å². The number of carboxylic acid groups (broad SMARTS) is 1. The molecule has 0 aliphatic carbocycles. The third-order valence-electron chi connectivity index (χ3n) is 2.67. The second-order valence-electron chi connectivity index (χ2n) is 4.11. The van der Waals surface area contributed by atoms with Gasteiger partial charge in [-0.1, -0.05) is 0 Å². The van der Waals surface area contributed by atoms with Crippen molar-refractivity contribution in [2.45, 2.75) is 25.3 Å². The number of hydrazone groups is 1. The summed E-state index contributed by atoms with van der Waals surface area (Å²) < 4.78 is 4.35. The van der Waals surface area contributed by atoms with E-state index < -0.39 is 30.3 Å². The van der Waals surface area contributed by atoms with Crippen LogP contribution in [0.3, 0.4) is 0 Å². The molecule has 1 heterocycles. The Morgan fingerprint density at radius 1 is 1.45 bits per heavy atom. The Labute approximate surface area is 114 Å². The molecule has 0 saturated heterocycles. The Bertz CT molecular complexity index is 473. The minimum absolute atomic E-state index is 0.0446. The Hall–Kier alpha value is -2.45. The molecule has 0 radical (unpaired) electrons. The minimum atomic E-state index is -1.40. The molecule has 20 heavy (non-hydrogen) atoms. The highest BCUT2D eigenvalue weighted by Crippen LogP contribution is 2.07. The van der Waals surface area contributed by atoms with Gasteiger partial charge in [-0.25, -0.2) is 9.80 Å². The van der Waals surface area contributed by atoms with Gasteiger partial charge in [0.05, 0.1) is 13.5 Å². The monoisotopic (exact) mass is 285 g/mol. The number of carbonyl (C=O) groups is 4. The van der Waals surface area contributed by atoms with E-state index in [-0.39, 0.29) is 24.5 Å². The van der Waals surface area contributed by atoms with E-state index >= 15 is 0 Å². The van der Waals surface area contributed by atoms with Crippen LogP contribution < -0.4 is 5.32 Å². The van der Waals surface area contributed by atoms with Crippen LogP contribution in [0.2, 0.25) is 0 Å². The summed E-state index contributed by atoms with van der Waals surface area (Å²) >= 11 is 0. The van der Waals surface area contributed by atoms with Crippen molar-refractivity contribution in [2.24, 2.45) is 5.10 Å². The Morgan fingerprint density at radius 3 is 2.60 bits per heavy atom. The number of esters is 1. The first-order chi connectivity index (χ1) is 9.35. The highest BCUT2D eigenvalue weighted by molar-refractivity contribution is 6.39. The second-order valence-corrected chi connectivity index (χ2v) is 4.11. The summed E-state index contributed by atoms with van der Waals surface area (Å²) in [6.07, 6.45) is -0.239. The number of nitrogens with one attached hydrogen (secondary N) is 1. The average molecular weight is 285 g/mol. The van der Waals surface area contributed by atoms with Crippen LogP contribution in [0.25, 0.3) is 0 Å². The quantitative estimate of drug-likeness (QED) is 0.606. The van der Waals surface area contributed by atoms with Crippen LogP contribution in [0.4, 0.5) is 0 Å². The lowest BCUT2D eigenvalue weighted by molar-refractivity contribution is -0.148. The van der Waals surface area contributed by atoms with Crippen molar-refractivity contribution in [1.29, 1.82) is 0 Å². The predicted octanol–water partition coefficient (Wildman–Crippen LogP) is -1.27. The molecule has 110 valence electrons. The lowest BCUT2D eigenvalue weighted by Crippen LogP contribution is -2.46. The number of ether oxygens (including phenoxy) is 1. The van der Waals surface area contributed by atoms with Gasteiger partial charge in [0.25, 0.3) is 5.91 Å². The Balaban J connectivity index is 2.71. The summed E-state index contributed by atoms with van der Waals surface area (Å²) in [6, 6.07) is -1.40. The lowest BCUT2D eigenvalue weighted by atomic mass is 10.1. The fourth-order valence-electron chi connectivity index (χ4n) is 1.52. The first-order valence-electron chi connectivity index (χ1n) is 5.79. The zero-order valence-corrected chi connectivity index (χ0v) is 11.1. The molecule has 1 atom stereocenters. The van der Waals surface area contributed by atoms with Gasteiger partial charge in [0, 0.05) is 19.9 Å². The molecule has 0 aromatic rings. The van der Waals surface area contributed by atoms with Crippen LogP contribution in [-0.2, 0) is 23.9 Å². The molecule has 2 amide bonds. The molecule has 0 spiro atoms. The van der Waals surface area contributed by atoms with Crippen molar-refractivity contribution in [3.05, 3.63) is 0 Å². The summed E-state index contributed by atoms with van der Waals surface area (Å²) in [7, 11) is 2.52. The van der Waals surface area contributed by atoms with E-state index in [0.29, 0.717) is 0 Å². The zero-order chi connectivity index (χ0) is 15.3. The number of nitrogens with zero attached hydrogens (tertiary/aromatic N) is 2. The van der Waals surface area contributed by atoms with Gasteiger partial charge in [-0.05, 0) is 0 Å². The highest BCUT2D eigenvalue weighted by Gasteiger charge is 2.28. The number of methoxy groups -OCH3 is 1. The van der Waals surface area contributed by atoms with Gasteiger partial charge in [0.2, 0.25) is 5.91 Å². The van der Waals surface area contributed by atoms with Crippen molar-refractivity contribution in [3.63, 3.8) is 0 Å². The summed E-state index contributed by atoms with van der Waals surface area (Å²) in [6.45, 7) is 0. The number of hydrogen-bond donors (Lipinski definition) is 2. The van der Waals surface area contributed by atoms with Crippen LogP contribution in [0.15, 0.2) is 5.10 Å². The smallest absolute Gasteiger partial charge is 0.326 e. The van der Waals surface area contributed by atoms with Gasteiger partial charge in [0.1, 0.15) is 11.8 Å². The maximum Gasteiger partial charge on any atom is 0.326 e. The molecule has 9 nitrogen and oxygen atoms in total. The van der Waals surface area contributed by atoms with E-state index in [1.54, 1.807) is 0 Å². The largest absolute Gasteiger partial charge is 0.480 e. The number of carboxylic acids is 1. The normalized spacial score (nSPS) is 16.2. The lowest BCUT2D eigenvalue weighted by Gasteiger charge is -2.20. The third kappa shape index (κ3) is 4.04. The van der Waals surface area contributed by atoms with Crippen molar-refractivity contribution < 1.29 is 29.0 Å². The van der Waals surface area contributed by atoms with Gasteiger partial charge in [0.15, 0.2) is 0 Å². The van der Waals surface area contributed by atoms with E-state index in [1.165, 1.54) is 7.05 Å². The maximum absolute atomic E-state index is 11.8. The maximum atomic E-state index is 11.8. The SMILES string of the molecule is COC(=O)C[C@H](NC(=O)C1=NN(C)C(=O)CC1)C(=O)O. The third-order valence-corrected chi connectivity index (χ3v) is 2.67.